The molecule has 0 aliphatic rings. The third kappa shape index (κ3) is 1.95. The van der Waals surface area contributed by atoms with Gasteiger partial charge in [0.1, 0.15) is 0 Å². The van der Waals surface area contributed by atoms with Gasteiger partial charge in [0.2, 0.25) is 0 Å². The molecule has 1 heterocycles. The van der Waals surface area contributed by atoms with Crippen molar-refractivity contribution in [1.82, 2.24) is 9.78 Å². The van der Waals surface area contributed by atoms with Gasteiger partial charge in [-0.1, -0.05) is 12.1 Å². The summed E-state index contributed by atoms with van der Waals surface area (Å²) >= 11 is 0. The number of rotatable bonds is 2. The van der Waals surface area contributed by atoms with E-state index in [1.807, 2.05) is 42.8 Å². The first-order valence-electron chi connectivity index (χ1n) is 5.86. The predicted molar refractivity (Wildman–Crippen MR) is 71.1 cm³/mol. The van der Waals surface area contributed by atoms with E-state index >= 15 is 0 Å². The molecule has 1 atom stereocenters. The fraction of sp³-hybridized carbons (Fsp3) is 0.286. The second kappa shape index (κ2) is 4.53. The highest BCUT2D eigenvalue weighted by Crippen LogP contribution is 2.24. The first kappa shape index (κ1) is 12.2. The van der Waals surface area contributed by atoms with Gasteiger partial charge >= 0.3 is 0 Å². The molecule has 0 saturated carbocycles. The summed E-state index contributed by atoms with van der Waals surface area (Å²) in [4.78, 5) is 0. The normalized spacial score (nSPS) is 12.1. The van der Waals surface area contributed by atoms with E-state index in [1.165, 1.54) is 0 Å². The number of benzene rings is 1. The van der Waals surface area contributed by atoms with Gasteiger partial charge in [0.15, 0.2) is 0 Å². The molecular formula is C14H16N4. The summed E-state index contributed by atoms with van der Waals surface area (Å²) in [5.41, 5.74) is 10.3. The van der Waals surface area contributed by atoms with Crippen molar-refractivity contribution in [2.75, 3.05) is 5.73 Å². The van der Waals surface area contributed by atoms with Crippen LogP contribution < -0.4 is 5.73 Å². The first-order chi connectivity index (χ1) is 8.54. The number of hydrogen-bond acceptors (Lipinski definition) is 3. The summed E-state index contributed by atoms with van der Waals surface area (Å²) in [6, 6.07) is 9.77. The van der Waals surface area contributed by atoms with Crippen LogP contribution in [0.4, 0.5) is 5.69 Å². The van der Waals surface area contributed by atoms with E-state index in [1.54, 1.807) is 0 Å². The van der Waals surface area contributed by atoms with Crippen molar-refractivity contribution in [2.45, 2.75) is 26.8 Å². The Hall–Kier alpha value is -2.28. The molecule has 18 heavy (non-hydrogen) atoms. The molecule has 0 aliphatic heterocycles. The third-order valence-corrected chi connectivity index (χ3v) is 3.27. The fourth-order valence-corrected chi connectivity index (χ4v) is 2.03. The zero-order chi connectivity index (χ0) is 13.3. The van der Waals surface area contributed by atoms with Crippen molar-refractivity contribution in [2.24, 2.45) is 0 Å². The van der Waals surface area contributed by atoms with E-state index in [9.17, 15) is 0 Å². The highest BCUT2D eigenvalue weighted by molar-refractivity contribution is 5.47. The lowest BCUT2D eigenvalue weighted by molar-refractivity contribution is 0.546. The topological polar surface area (TPSA) is 67.6 Å². The molecule has 4 nitrogen and oxygen atoms in total. The Labute approximate surface area is 107 Å². The van der Waals surface area contributed by atoms with Crippen LogP contribution in [0.1, 0.15) is 35.5 Å². The van der Waals surface area contributed by atoms with Crippen LogP contribution in [0.5, 0.6) is 0 Å². The van der Waals surface area contributed by atoms with Crippen molar-refractivity contribution in [1.29, 1.82) is 5.26 Å². The molecule has 92 valence electrons. The molecule has 0 radical (unpaired) electrons. The number of nitrogens with two attached hydrogens (primary N) is 1. The average Bonchev–Trinajstić information content (AvgIpc) is 2.66. The molecule has 0 fully saturated rings. The summed E-state index contributed by atoms with van der Waals surface area (Å²) in [6.07, 6.45) is 0. The molecule has 1 unspecified atom stereocenters. The Bertz CT molecular complexity index is 602. The van der Waals surface area contributed by atoms with Gasteiger partial charge in [-0.3, -0.25) is 4.68 Å². The number of nitrogen functional groups attached to an aromatic ring is 1. The van der Waals surface area contributed by atoms with Gasteiger partial charge in [-0.25, -0.2) is 0 Å². The summed E-state index contributed by atoms with van der Waals surface area (Å²) in [6.45, 7) is 5.94. The first-order valence-corrected chi connectivity index (χ1v) is 5.86. The largest absolute Gasteiger partial charge is 0.396 e. The minimum absolute atomic E-state index is 0.105. The maximum absolute atomic E-state index is 8.78. The Balaban J connectivity index is 2.38. The van der Waals surface area contributed by atoms with Gasteiger partial charge < -0.3 is 5.73 Å². The molecule has 0 saturated heterocycles. The summed E-state index contributed by atoms with van der Waals surface area (Å²) in [5, 5.41) is 13.2. The highest BCUT2D eigenvalue weighted by Gasteiger charge is 2.15. The number of aromatic nitrogens is 2. The molecule has 0 bridgehead atoms. The lowest BCUT2D eigenvalue weighted by Gasteiger charge is -2.14. The van der Waals surface area contributed by atoms with Crippen LogP contribution in [0.15, 0.2) is 24.3 Å². The van der Waals surface area contributed by atoms with Crippen molar-refractivity contribution in [3.63, 3.8) is 0 Å². The molecule has 4 heteroatoms. The third-order valence-electron chi connectivity index (χ3n) is 3.27. The number of nitriles is 1. The average molecular weight is 240 g/mol. The van der Waals surface area contributed by atoms with Gasteiger partial charge in [-0.05, 0) is 38.5 Å². The predicted octanol–water partition coefficient (Wildman–Crippen LogP) is 2.56. The minimum Gasteiger partial charge on any atom is -0.396 e. The van der Waals surface area contributed by atoms with E-state index in [4.69, 9.17) is 11.0 Å². The number of hydrogen-bond donors (Lipinski definition) is 1. The summed E-state index contributed by atoms with van der Waals surface area (Å²) < 4.78 is 1.92. The highest BCUT2D eigenvalue weighted by atomic mass is 15.3. The van der Waals surface area contributed by atoms with Crippen LogP contribution in [0.2, 0.25) is 0 Å². The van der Waals surface area contributed by atoms with E-state index < -0.39 is 0 Å². The van der Waals surface area contributed by atoms with Crippen molar-refractivity contribution in [3.05, 3.63) is 46.8 Å². The van der Waals surface area contributed by atoms with Gasteiger partial charge in [-0.2, -0.15) is 10.4 Å². The van der Waals surface area contributed by atoms with Crippen LogP contribution in [0.3, 0.4) is 0 Å². The Morgan fingerprint density at radius 2 is 1.89 bits per heavy atom. The summed E-state index contributed by atoms with van der Waals surface area (Å²) in [5.74, 6) is 0. The maximum atomic E-state index is 8.78. The molecule has 2 aromatic rings. The lowest BCUT2D eigenvalue weighted by atomic mass is 10.1. The standard InChI is InChI=1S/C14H16N4/c1-9-14(16)11(3)18(17-9)10(2)13-6-4-12(8-15)5-7-13/h4-7,10H,16H2,1-3H3. The molecule has 0 spiro atoms. The van der Waals surface area contributed by atoms with Crippen LogP contribution in [0.25, 0.3) is 0 Å². The Morgan fingerprint density at radius 1 is 1.28 bits per heavy atom. The number of anilines is 1. The van der Waals surface area contributed by atoms with E-state index in [2.05, 4.69) is 18.1 Å². The second-order valence-corrected chi connectivity index (χ2v) is 4.44. The second-order valence-electron chi connectivity index (χ2n) is 4.44. The van der Waals surface area contributed by atoms with Crippen molar-refractivity contribution < 1.29 is 0 Å². The molecular weight excluding hydrogens is 224 g/mol. The van der Waals surface area contributed by atoms with E-state index in [0.29, 0.717) is 5.56 Å². The number of aryl methyl sites for hydroxylation is 1. The minimum atomic E-state index is 0.105. The lowest BCUT2D eigenvalue weighted by Crippen LogP contribution is -2.10. The molecule has 0 amide bonds. The quantitative estimate of drug-likeness (QED) is 0.877. The smallest absolute Gasteiger partial charge is 0.0991 e. The monoisotopic (exact) mass is 240 g/mol. The van der Waals surface area contributed by atoms with Gasteiger partial charge in [0.05, 0.1) is 34.7 Å². The SMILES string of the molecule is Cc1nn(C(C)c2ccc(C#N)cc2)c(C)c1N. The Morgan fingerprint density at radius 3 is 2.33 bits per heavy atom. The van der Waals surface area contributed by atoms with Crippen molar-refractivity contribution >= 4 is 5.69 Å². The van der Waals surface area contributed by atoms with Crippen LogP contribution in [0, 0.1) is 25.2 Å². The molecule has 1 aromatic carbocycles. The fourth-order valence-electron chi connectivity index (χ4n) is 2.03. The molecule has 0 aliphatic carbocycles. The van der Waals surface area contributed by atoms with Gasteiger partial charge in [-0.15, -0.1) is 0 Å². The zero-order valence-corrected chi connectivity index (χ0v) is 10.8. The molecule has 2 N–H and O–H groups in total. The zero-order valence-electron chi connectivity index (χ0n) is 10.8. The summed E-state index contributed by atoms with van der Waals surface area (Å²) in [7, 11) is 0. The van der Waals surface area contributed by atoms with E-state index in [-0.39, 0.29) is 6.04 Å². The van der Waals surface area contributed by atoms with Gasteiger partial charge in [0, 0.05) is 0 Å². The van der Waals surface area contributed by atoms with Gasteiger partial charge in [0.25, 0.3) is 0 Å². The maximum Gasteiger partial charge on any atom is 0.0991 e. The van der Waals surface area contributed by atoms with E-state index in [0.717, 1.165) is 22.6 Å². The van der Waals surface area contributed by atoms with Crippen LogP contribution in [-0.4, -0.2) is 9.78 Å². The van der Waals surface area contributed by atoms with Crippen LogP contribution >= 0.6 is 0 Å². The van der Waals surface area contributed by atoms with Crippen LogP contribution in [-0.2, 0) is 0 Å². The number of nitrogens with zero attached hydrogens (tertiary/aromatic N) is 3. The van der Waals surface area contributed by atoms with Crippen molar-refractivity contribution in [3.8, 4) is 6.07 Å². The Kier molecular flexibility index (Phi) is 3.07. The molecule has 2 rings (SSSR count). The molecule has 1 aromatic heterocycles.